The average Bonchev–Trinajstić information content (AvgIpc) is 2.95. The first-order valence-corrected chi connectivity index (χ1v) is 16.7. The van der Waals surface area contributed by atoms with Gasteiger partial charge in [0.15, 0.2) is 12.1 Å². The van der Waals surface area contributed by atoms with Gasteiger partial charge in [0, 0.05) is 37.7 Å². The molecule has 256 valence electrons. The Morgan fingerprint density at radius 3 is 2.14 bits per heavy atom. The molecule has 3 fully saturated rings. The van der Waals surface area contributed by atoms with Gasteiger partial charge in [0.25, 0.3) is 0 Å². The van der Waals surface area contributed by atoms with Crippen molar-refractivity contribution in [1.82, 2.24) is 14.7 Å². The molecule has 0 bridgehead atoms. The number of aliphatic hydroxyl groups is 1. The third-order valence-corrected chi connectivity index (χ3v) is 10.9. The number of hydrogen-bond acceptors (Lipinski definition) is 10. The first kappa shape index (κ1) is 37.3. The summed E-state index contributed by atoms with van der Waals surface area (Å²) in [6, 6.07) is 0.472. The monoisotopic (exact) mass is 625 g/mol. The van der Waals surface area contributed by atoms with Crippen LogP contribution in [-0.2, 0) is 28.5 Å². The normalized spacial score (nSPS) is 42.0. The van der Waals surface area contributed by atoms with E-state index in [0.29, 0.717) is 24.8 Å². The maximum Gasteiger partial charge on any atom is 0.319 e. The Morgan fingerprint density at radius 2 is 1.59 bits per heavy atom. The minimum absolute atomic E-state index is 0.0599. The van der Waals surface area contributed by atoms with Crippen LogP contribution >= 0.6 is 0 Å². The second-order valence-corrected chi connectivity index (χ2v) is 15.4. The Balaban J connectivity index is 1.96. The maximum absolute atomic E-state index is 14.2. The zero-order valence-electron chi connectivity index (χ0n) is 29.7. The highest BCUT2D eigenvalue weighted by Gasteiger charge is 2.51. The van der Waals surface area contributed by atoms with Gasteiger partial charge in [-0.25, -0.2) is 0 Å². The van der Waals surface area contributed by atoms with Crippen molar-refractivity contribution in [3.8, 4) is 0 Å². The number of carbonyl (C=O) groups is 2. The van der Waals surface area contributed by atoms with Gasteiger partial charge in [-0.1, -0.05) is 13.8 Å². The van der Waals surface area contributed by atoms with Crippen molar-refractivity contribution in [2.75, 3.05) is 55.5 Å². The van der Waals surface area contributed by atoms with Crippen LogP contribution in [0.1, 0.15) is 80.1 Å². The lowest BCUT2D eigenvalue weighted by molar-refractivity contribution is -0.295. The second kappa shape index (κ2) is 15.2. The Hall–Kier alpha value is -1.14. The number of likely N-dealkylation sites (N-methyl/N-ethyl adjacent to an activating group) is 2. The van der Waals surface area contributed by atoms with Gasteiger partial charge in [-0.15, -0.1) is 0 Å². The highest BCUT2D eigenvalue weighted by Crippen LogP contribution is 2.39. The van der Waals surface area contributed by atoms with E-state index in [1.807, 2.05) is 32.8 Å². The van der Waals surface area contributed by atoms with E-state index in [4.69, 9.17) is 18.9 Å². The molecular weight excluding hydrogens is 562 g/mol. The number of esters is 1. The van der Waals surface area contributed by atoms with Crippen LogP contribution in [-0.4, -0.2) is 135 Å². The minimum atomic E-state index is -1.40. The van der Waals surface area contributed by atoms with Crippen LogP contribution in [0, 0.1) is 23.2 Å². The average molecular weight is 626 g/mol. The van der Waals surface area contributed by atoms with Gasteiger partial charge >= 0.3 is 5.97 Å². The second-order valence-electron chi connectivity index (χ2n) is 15.4. The third-order valence-electron chi connectivity index (χ3n) is 10.9. The van der Waals surface area contributed by atoms with E-state index >= 15 is 0 Å². The van der Waals surface area contributed by atoms with E-state index in [9.17, 15) is 14.7 Å². The van der Waals surface area contributed by atoms with E-state index < -0.39 is 41.4 Å². The summed E-state index contributed by atoms with van der Waals surface area (Å²) in [7, 11) is 11.9. The zero-order valence-corrected chi connectivity index (χ0v) is 29.7. The van der Waals surface area contributed by atoms with Gasteiger partial charge in [-0.3, -0.25) is 14.5 Å². The van der Waals surface area contributed by atoms with E-state index in [0.717, 1.165) is 32.2 Å². The van der Waals surface area contributed by atoms with Gasteiger partial charge < -0.3 is 33.9 Å². The lowest BCUT2D eigenvalue weighted by Crippen LogP contribution is -2.59. The largest absolute Gasteiger partial charge is 0.463 e. The molecular formula is C34H63N3O7. The van der Waals surface area contributed by atoms with E-state index in [1.54, 1.807) is 27.9 Å². The summed E-state index contributed by atoms with van der Waals surface area (Å²) < 4.78 is 25.1. The fourth-order valence-electron chi connectivity index (χ4n) is 8.06. The molecule has 2 aliphatic heterocycles. The third kappa shape index (κ3) is 8.41. The topological polar surface area (TPSA) is 101 Å². The molecule has 1 N–H and O–H groups in total. The van der Waals surface area contributed by atoms with Crippen LogP contribution in [0.4, 0.5) is 0 Å². The van der Waals surface area contributed by atoms with Gasteiger partial charge in [0.1, 0.15) is 18.1 Å². The highest BCUT2D eigenvalue weighted by molar-refractivity contribution is 6.04. The summed E-state index contributed by atoms with van der Waals surface area (Å²) in [5, 5.41) is 11.3. The molecule has 9 atom stereocenters. The first-order valence-electron chi connectivity index (χ1n) is 16.7. The molecule has 0 aromatic heterocycles. The number of ether oxygens (including phenoxy) is 4. The molecule has 3 aliphatic rings. The summed E-state index contributed by atoms with van der Waals surface area (Å²) in [6.07, 6.45) is 2.86. The molecule has 2 saturated heterocycles. The molecule has 44 heavy (non-hydrogen) atoms. The number of nitrogens with zero attached hydrogens (tertiary/aromatic N) is 3. The van der Waals surface area contributed by atoms with Crippen LogP contribution < -0.4 is 0 Å². The zero-order chi connectivity index (χ0) is 33.1. The molecule has 2 heterocycles. The van der Waals surface area contributed by atoms with Crippen LogP contribution in [0.15, 0.2) is 0 Å². The van der Waals surface area contributed by atoms with Gasteiger partial charge in [0.2, 0.25) is 0 Å². The summed E-state index contributed by atoms with van der Waals surface area (Å²) in [5.41, 5.74) is -2.30. The number of aliphatic hydroxyl groups excluding tert-OH is 1. The summed E-state index contributed by atoms with van der Waals surface area (Å²) in [4.78, 5) is 34.5. The number of methoxy groups -OCH3 is 1. The van der Waals surface area contributed by atoms with Crippen molar-refractivity contribution in [3.05, 3.63) is 0 Å². The van der Waals surface area contributed by atoms with Crippen molar-refractivity contribution in [1.29, 1.82) is 0 Å². The number of hydrogen-bond donors (Lipinski definition) is 1. The molecule has 1 saturated carbocycles. The number of ketones is 1. The summed E-state index contributed by atoms with van der Waals surface area (Å²) >= 11 is 0. The predicted octanol–water partition coefficient (Wildman–Crippen LogP) is 3.44. The molecule has 0 unspecified atom stereocenters. The number of Topliss-reactive ketones (excluding diaryl/α,β-unsaturated/α-hetero) is 1. The van der Waals surface area contributed by atoms with Crippen molar-refractivity contribution < 1.29 is 33.6 Å². The number of cyclic esters (lactones) is 1. The molecule has 0 aromatic rings. The molecule has 10 heteroatoms. The lowest BCUT2D eigenvalue weighted by Gasteiger charge is -2.47. The molecule has 0 radical (unpaired) electrons. The molecule has 3 rings (SSSR count). The molecule has 0 amide bonds. The standard InChI is InChI=1S/C34H63N3O7/c1-21-18-34(6,41-12)30(44-31-28(38)26(36(9)10)17-22(2)43-31)23(3)29(39)33(4,5)32(40)42-20-27(37(11)19-21)24-13-15-25(16-14-24)35(7)8/h21-28,30-31,38H,13-20H2,1-12H3/t21-,22-,23+,24-,25-,26+,27-,28-,30-,31+,34-/m1/s1. The van der Waals surface area contributed by atoms with Crippen LogP contribution in [0.5, 0.6) is 0 Å². The predicted molar refractivity (Wildman–Crippen MR) is 171 cm³/mol. The Morgan fingerprint density at radius 1 is 0.977 bits per heavy atom. The SMILES string of the molecule is CO[C@]1(C)C[C@@H](C)CN(C)[C@@H]([C@H]2CC[C@H](N(C)C)CC2)COC(=O)C(C)(C)C(=O)[C@H](C)[C@H]1O[C@@H]1O[C@H](C)C[C@H](N(C)C)[C@H]1O. The van der Waals surface area contributed by atoms with Crippen LogP contribution in [0.3, 0.4) is 0 Å². The first-order chi connectivity index (χ1) is 20.4. The smallest absolute Gasteiger partial charge is 0.319 e. The molecule has 0 spiro atoms. The van der Waals surface area contributed by atoms with Crippen molar-refractivity contribution >= 4 is 11.8 Å². The number of carbonyl (C=O) groups excluding carboxylic acids is 2. The Kier molecular flexibility index (Phi) is 12.9. The van der Waals surface area contributed by atoms with Crippen LogP contribution in [0.2, 0.25) is 0 Å². The van der Waals surface area contributed by atoms with Gasteiger partial charge in [-0.2, -0.15) is 0 Å². The Labute approximate surface area is 267 Å². The quantitative estimate of drug-likeness (QED) is 0.349. The van der Waals surface area contributed by atoms with Crippen molar-refractivity contribution in [3.63, 3.8) is 0 Å². The minimum Gasteiger partial charge on any atom is -0.463 e. The van der Waals surface area contributed by atoms with Crippen LogP contribution in [0.25, 0.3) is 0 Å². The highest BCUT2D eigenvalue weighted by atomic mass is 16.7. The maximum atomic E-state index is 14.2. The van der Waals surface area contributed by atoms with Crippen molar-refractivity contribution in [2.24, 2.45) is 23.2 Å². The van der Waals surface area contributed by atoms with Crippen molar-refractivity contribution in [2.45, 2.75) is 128 Å². The fourth-order valence-corrected chi connectivity index (χ4v) is 8.06. The van der Waals surface area contributed by atoms with E-state index in [-0.39, 0.29) is 36.5 Å². The lowest BCUT2D eigenvalue weighted by atomic mass is 9.74. The van der Waals surface area contributed by atoms with E-state index in [2.05, 4.69) is 37.9 Å². The molecule has 0 aromatic carbocycles. The van der Waals surface area contributed by atoms with Gasteiger partial charge in [0.05, 0.1) is 17.8 Å². The summed E-state index contributed by atoms with van der Waals surface area (Å²) in [5.74, 6) is -0.956. The Bertz CT molecular complexity index is 953. The van der Waals surface area contributed by atoms with Gasteiger partial charge in [-0.05, 0) is 113 Å². The molecule has 10 nitrogen and oxygen atoms in total. The molecule has 1 aliphatic carbocycles. The number of rotatable bonds is 6. The fraction of sp³-hybridized carbons (Fsp3) is 0.941. The summed E-state index contributed by atoms with van der Waals surface area (Å²) in [6.45, 7) is 12.3. The van der Waals surface area contributed by atoms with E-state index in [1.165, 1.54) is 0 Å².